The Morgan fingerprint density at radius 2 is 1.80 bits per heavy atom. The molecule has 1 fully saturated rings. The number of nitriles is 1. The Balaban J connectivity index is 1.52. The molecule has 0 heterocycles. The van der Waals surface area contributed by atoms with Gasteiger partial charge in [-0.3, -0.25) is 10.0 Å². The Kier molecular flexibility index (Phi) is 9.42. The number of guanidine groups is 1. The van der Waals surface area contributed by atoms with Crippen LogP contribution in [0.2, 0.25) is 0 Å². The van der Waals surface area contributed by atoms with Crippen molar-refractivity contribution in [2.45, 2.75) is 49.1 Å². The number of rotatable bonds is 12. The van der Waals surface area contributed by atoms with Gasteiger partial charge in [-0.05, 0) is 68.5 Å². The molecular formula is C23H28N6O5S. The van der Waals surface area contributed by atoms with E-state index in [0.29, 0.717) is 42.9 Å². The molecule has 0 bridgehead atoms. The van der Waals surface area contributed by atoms with Crippen molar-refractivity contribution >= 4 is 21.9 Å². The lowest BCUT2D eigenvalue weighted by molar-refractivity contribution is -0.131. The summed E-state index contributed by atoms with van der Waals surface area (Å²) in [4.78, 5) is 15.7. The maximum Gasteiger partial charge on any atom is 0.261 e. The average molecular weight is 501 g/mol. The van der Waals surface area contributed by atoms with Gasteiger partial charge in [0.05, 0.1) is 4.90 Å². The van der Waals surface area contributed by atoms with Gasteiger partial charge >= 0.3 is 0 Å². The van der Waals surface area contributed by atoms with Crippen LogP contribution in [-0.4, -0.2) is 44.1 Å². The number of amides is 1. The molecule has 1 aliphatic carbocycles. The van der Waals surface area contributed by atoms with E-state index in [1.807, 2.05) is 18.2 Å². The van der Waals surface area contributed by atoms with Gasteiger partial charge in [-0.2, -0.15) is 9.98 Å². The van der Waals surface area contributed by atoms with Crippen molar-refractivity contribution in [3.63, 3.8) is 0 Å². The van der Waals surface area contributed by atoms with Gasteiger partial charge in [0, 0.05) is 12.6 Å². The topological polar surface area (TPSA) is 165 Å². The Labute approximate surface area is 204 Å². The fourth-order valence-corrected chi connectivity index (χ4v) is 4.39. The minimum Gasteiger partial charge on any atom is -0.457 e. The third-order valence-corrected chi connectivity index (χ3v) is 6.62. The van der Waals surface area contributed by atoms with Gasteiger partial charge in [0.25, 0.3) is 5.91 Å². The lowest BCUT2D eigenvalue weighted by Gasteiger charge is -2.17. The van der Waals surface area contributed by atoms with Gasteiger partial charge < -0.3 is 15.4 Å². The molecule has 0 spiro atoms. The maximum atomic E-state index is 12.8. The highest BCUT2D eigenvalue weighted by molar-refractivity contribution is 7.89. The number of hydrogen-bond donors (Lipinski definition) is 5. The fourth-order valence-electron chi connectivity index (χ4n) is 3.16. The van der Waals surface area contributed by atoms with Gasteiger partial charge in [-0.1, -0.05) is 18.2 Å². The summed E-state index contributed by atoms with van der Waals surface area (Å²) in [6.07, 6.45) is 5.02. The highest BCUT2D eigenvalue weighted by Gasteiger charge is 2.25. The van der Waals surface area contributed by atoms with Crippen LogP contribution in [0.4, 0.5) is 0 Å². The lowest BCUT2D eigenvalue weighted by Crippen LogP contribution is -2.45. The molecule has 2 aromatic carbocycles. The largest absolute Gasteiger partial charge is 0.457 e. The number of hydrogen-bond acceptors (Lipinski definition) is 7. The van der Waals surface area contributed by atoms with Gasteiger partial charge in [-0.15, -0.1) is 4.99 Å². The molecule has 0 aromatic heterocycles. The van der Waals surface area contributed by atoms with E-state index in [1.165, 1.54) is 29.7 Å². The average Bonchev–Trinajstić information content (AvgIpc) is 3.67. The van der Waals surface area contributed by atoms with E-state index >= 15 is 0 Å². The van der Waals surface area contributed by atoms with Crippen LogP contribution in [0, 0.1) is 11.5 Å². The number of nitrogens with zero attached hydrogens (tertiary/aromatic N) is 2. The zero-order valence-electron chi connectivity index (χ0n) is 19.0. The number of sulfonamides is 1. The fraction of sp³-hybridized carbons (Fsp3) is 0.348. The number of ether oxygens (including phenoxy) is 1. The second-order valence-electron chi connectivity index (χ2n) is 7.94. The third-order valence-electron chi connectivity index (χ3n) is 5.13. The van der Waals surface area contributed by atoms with Crippen LogP contribution in [0.3, 0.4) is 0 Å². The number of hydroxylamine groups is 1. The van der Waals surface area contributed by atoms with E-state index in [1.54, 1.807) is 18.3 Å². The minimum absolute atomic E-state index is 0.0428. The predicted molar refractivity (Wildman–Crippen MR) is 128 cm³/mol. The quantitative estimate of drug-likeness (QED) is 0.0737. The van der Waals surface area contributed by atoms with Crippen molar-refractivity contribution in [2.24, 2.45) is 4.99 Å². The maximum absolute atomic E-state index is 12.8. The number of nitrogens with one attached hydrogen (secondary N) is 4. The molecule has 35 heavy (non-hydrogen) atoms. The summed E-state index contributed by atoms with van der Waals surface area (Å²) in [7, 11) is -4.03. The summed E-state index contributed by atoms with van der Waals surface area (Å²) in [6.45, 7) is 0.476. The molecule has 186 valence electrons. The van der Waals surface area contributed by atoms with Gasteiger partial charge in [0.15, 0.2) is 0 Å². The van der Waals surface area contributed by atoms with Crippen LogP contribution in [-0.2, 0) is 14.8 Å². The molecule has 0 aliphatic heterocycles. The molecule has 2 aromatic rings. The zero-order valence-corrected chi connectivity index (χ0v) is 19.8. The molecule has 0 unspecified atom stereocenters. The Morgan fingerprint density at radius 3 is 2.43 bits per heavy atom. The summed E-state index contributed by atoms with van der Waals surface area (Å²) in [5.74, 6) is 0.625. The van der Waals surface area contributed by atoms with Gasteiger partial charge in [-0.25, -0.2) is 13.9 Å². The molecule has 0 radical (unpaired) electrons. The number of benzene rings is 2. The van der Waals surface area contributed by atoms with E-state index in [-0.39, 0.29) is 11.3 Å². The second kappa shape index (κ2) is 12.7. The predicted octanol–water partition coefficient (Wildman–Crippen LogP) is 1.98. The summed E-state index contributed by atoms with van der Waals surface area (Å²) in [6, 6.07) is 14.0. The lowest BCUT2D eigenvalue weighted by atomic mass is 10.1. The third kappa shape index (κ3) is 8.56. The Morgan fingerprint density at radius 1 is 1.11 bits per heavy atom. The van der Waals surface area contributed by atoms with Crippen LogP contribution in [0.15, 0.2) is 64.5 Å². The molecule has 0 saturated heterocycles. The van der Waals surface area contributed by atoms with Crippen LogP contribution < -0.4 is 25.6 Å². The highest BCUT2D eigenvalue weighted by Crippen LogP contribution is 2.23. The molecule has 5 N–H and O–H groups in total. The van der Waals surface area contributed by atoms with E-state index in [9.17, 15) is 13.2 Å². The first-order valence-corrected chi connectivity index (χ1v) is 12.7. The first kappa shape index (κ1) is 26.0. The van der Waals surface area contributed by atoms with E-state index in [4.69, 9.17) is 15.2 Å². The van der Waals surface area contributed by atoms with Crippen molar-refractivity contribution in [2.75, 3.05) is 6.54 Å². The SMILES string of the molecule is N#C/N=C(/NCCCC[C@@H](NS(=O)(=O)c1ccc(Oc2ccccc2)cc1)C(=O)NO)NC1CC1. The van der Waals surface area contributed by atoms with Crippen molar-refractivity contribution in [3.8, 4) is 17.7 Å². The van der Waals surface area contributed by atoms with E-state index in [0.717, 1.165) is 12.8 Å². The van der Waals surface area contributed by atoms with E-state index in [2.05, 4.69) is 20.3 Å². The Bertz CT molecular complexity index is 1150. The number of carbonyl (C=O) groups excluding carboxylic acids is 1. The van der Waals surface area contributed by atoms with Crippen molar-refractivity contribution < 1.29 is 23.2 Å². The Hall–Kier alpha value is -3.66. The molecule has 1 aliphatic rings. The number of para-hydroxylation sites is 1. The van der Waals surface area contributed by atoms with Crippen molar-refractivity contribution in [3.05, 3.63) is 54.6 Å². The van der Waals surface area contributed by atoms with Gasteiger partial charge in [0.2, 0.25) is 22.2 Å². The molecule has 3 rings (SSSR count). The number of unbranched alkanes of at least 4 members (excludes halogenated alkanes) is 1. The smallest absolute Gasteiger partial charge is 0.261 e. The molecule has 12 heteroatoms. The minimum atomic E-state index is -4.03. The molecular weight excluding hydrogens is 472 g/mol. The number of aliphatic imine (C=N–C) groups is 1. The summed E-state index contributed by atoms with van der Waals surface area (Å²) < 4.78 is 33.6. The zero-order chi connectivity index (χ0) is 25.1. The van der Waals surface area contributed by atoms with Crippen molar-refractivity contribution in [1.29, 1.82) is 5.26 Å². The highest BCUT2D eigenvalue weighted by atomic mass is 32.2. The number of carbonyl (C=O) groups is 1. The van der Waals surface area contributed by atoms with Crippen LogP contribution >= 0.6 is 0 Å². The van der Waals surface area contributed by atoms with Crippen LogP contribution in [0.25, 0.3) is 0 Å². The summed E-state index contributed by atoms with van der Waals surface area (Å²) >= 11 is 0. The van der Waals surface area contributed by atoms with Crippen LogP contribution in [0.1, 0.15) is 32.1 Å². The second-order valence-corrected chi connectivity index (χ2v) is 9.65. The molecule has 1 amide bonds. The van der Waals surface area contributed by atoms with Gasteiger partial charge in [0.1, 0.15) is 17.5 Å². The van der Waals surface area contributed by atoms with Crippen molar-refractivity contribution in [1.82, 2.24) is 20.8 Å². The normalized spacial score (nSPS) is 14.5. The van der Waals surface area contributed by atoms with Crippen LogP contribution in [0.5, 0.6) is 11.5 Å². The standard InChI is InChI=1S/C23H28N6O5S/c24-16-26-23(27-17-9-10-17)25-15-5-4-8-21(22(30)28-31)29-35(32,33)20-13-11-19(12-14-20)34-18-6-2-1-3-7-18/h1-3,6-7,11-14,17,21,29,31H,4-5,8-10,15H2,(H,28,30)(H2,25,26,27)/t21-/m1/s1. The first-order valence-electron chi connectivity index (χ1n) is 11.2. The monoisotopic (exact) mass is 500 g/mol. The van der Waals surface area contributed by atoms with E-state index < -0.39 is 22.0 Å². The summed E-state index contributed by atoms with van der Waals surface area (Å²) in [5.41, 5.74) is 1.51. The first-order chi connectivity index (χ1) is 16.9. The molecule has 1 saturated carbocycles. The molecule has 1 atom stereocenters. The summed E-state index contributed by atoms with van der Waals surface area (Å²) in [5, 5.41) is 23.9. The molecule has 11 nitrogen and oxygen atoms in total.